The Morgan fingerprint density at radius 1 is 1.00 bits per heavy atom. The van der Waals surface area contributed by atoms with Crippen LogP contribution in [0.5, 0.6) is 0 Å². The van der Waals surface area contributed by atoms with Crippen LogP contribution in [0.15, 0.2) is 82.2 Å². The predicted molar refractivity (Wildman–Crippen MR) is 120 cm³/mol. The van der Waals surface area contributed by atoms with Crippen molar-refractivity contribution in [1.29, 1.82) is 0 Å². The van der Waals surface area contributed by atoms with Crippen molar-refractivity contribution in [2.75, 3.05) is 16.2 Å². The van der Waals surface area contributed by atoms with Crippen LogP contribution in [0.3, 0.4) is 0 Å². The van der Waals surface area contributed by atoms with Crippen LogP contribution in [0, 0.1) is 6.92 Å². The number of para-hydroxylation sites is 2. The Balaban J connectivity index is 1.98. The molecule has 0 atom stereocenters. The number of anilines is 2. The highest BCUT2D eigenvalue weighted by molar-refractivity contribution is 9.10. The van der Waals surface area contributed by atoms with Gasteiger partial charge in [-0.3, -0.25) is 9.10 Å². The van der Waals surface area contributed by atoms with E-state index in [-0.39, 0.29) is 15.6 Å². The number of nitrogens with zero attached hydrogens (tertiary/aromatic N) is 1. The largest absolute Gasteiger partial charge is 0.323 e. The maximum absolute atomic E-state index is 13.3. The molecule has 0 radical (unpaired) electrons. The van der Waals surface area contributed by atoms with Crippen molar-refractivity contribution in [2.45, 2.75) is 11.8 Å². The molecule has 0 spiro atoms. The summed E-state index contributed by atoms with van der Waals surface area (Å²) >= 11 is 9.62. The molecular weight excluding hydrogens is 476 g/mol. The number of sulfonamides is 1. The highest BCUT2D eigenvalue weighted by Crippen LogP contribution is 2.30. The molecule has 0 aliphatic carbocycles. The van der Waals surface area contributed by atoms with Crippen LogP contribution in [0.2, 0.25) is 5.02 Å². The molecule has 0 aliphatic heterocycles. The second-order valence-electron chi connectivity index (χ2n) is 6.30. The van der Waals surface area contributed by atoms with E-state index >= 15 is 0 Å². The topological polar surface area (TPSA) is 66.5 Å². The standard InChI is InChI=1S/C21H18BrClN2O3S/c1-15-10-12-16(13-11-15)29(27,28)25(20-9-5-3-7-18(20)23)14-21(26)24-19-8-4-2-6-17(19)22/h2-13H,14H2,1H3,(H,24,26). The number of nitrogens with one attached hydrogen (secondary N) is 1. The van der Waals surface area contributed by atoms with Crippen molar-refractivity contribution in [2.24, 2.45) is 0 Å². The van der Waals surface area contributed by atoms with Crippen molar-refractivity contribution in [1.82, 2.24) is 0 Å². The quantitative estimate of drug-likeness (QED) is 0.510. The van der Waals surface area contributed by atoms with Crippen LogP contribution in [-0.2, 0) is 14.8 Å². The summed E-state index contributed by atoms with van der Waals surface area (Å²) in [4.78, 5) is 12.8. The van der Waals surface area contributed by atoms with Crippen LogP contribution in [0.4, 0.5) is 11.4 Å². The van der Waals surface area contributed by atoms with Crippen LogP contribution >= 0.6 is 27.5 Å². The molecule has 0 aromatic heterocycles. The molecule has 0 saturated carbocycles. The molecule has 0 aliphatic rings. The molecule has 150 valence electrons. The number of benzene rings is 3. The molecule has 0 fully saturated rings. The predicted octanol–water partition coefficient (Wildman–Crippen LogP) is 5.24. The van der Waals surface area contributed by atoms with E-state index < -0.39 is 22.5 Å². The molecule has 3 aromatic carbocycles. The lowest BCUT2D eigenvalue weighted by atomic mass is 10.2. The van der Waals surface area contributed by atoms with E-state index in [0.717, 1.165) is 9.87 Å². The summed E-state index contributed by atoms with van der Waals surface area (Å²) in [5.41, 5.74) is 1.71. The fourth-order valence-electron chi connectivity index (χ4n) is 2.67. The van der Waals surface area contributed by atoms with Crippen molar-refractivity contribution in [3.8, 4) is 0 Å². The zero-order valence-corrected chi connectivity index (χ0v) is 18.6. The third kappa shape index (κ3) is 4.98. The van der Waals surface area contributed by atoms with Crippen molar-refractivity contribution in [3.05, 3.63) is 87.9 Å². The van der Waals surface area contributed by atoms with Crippen molar-refractivity contribution in [3.63, 3.8) is 0 Å². The molecule has 0 heterocycles. The lowest BCUT2D eigenvalue weighted by molar-refractivity contribution is -0.114. The fourth-order valence-corrected chi connectivity index (χ4v) is 4.79. The van der Waals surface area contributed by atoms with Crippen LogP contribution in [0.1, 0.15) is 5.56 Å². The first kappa shape index (κ1) is 21.4. The first-order valence-electron chi connectivity index (χ1n) is 8.67. The molecule has 29 heavy (non-hydrogen) atoms. The number of hydrogen-bond acceptors (Lipinski definition) is 3. The lowest BCUT2D eigenvalue weighted by Crippen LogP contribution is -2.38. The minimum atomic E-state index is -4.01. The smallest absolute Gasteiger partial charge is 0.264 e. The molecule has 8 heteroatoms. The fraction of sp³-hybridized carbons (Fsp3) is 0.0952. The van der Waals surface area contributed by atoms with E-state index in [1.54, 1.807) is 54.6 Å². The first-order chi connectivity index (χ1) is 13.8. The van der Waals surface area contributed by atoms with Gasteiger partial charge in [0.15, 0.2) is 0 Å². The number of hydrogen-bond donors (Lipinski definition) is 1. The normalized spacial score (nSPS) is 11.1. The maximum Gasteiger partial charge on any atom is 0.264 e. The molecule has 1 N–H and O–H groups in total. The third-order valence-electron chi connectivity index (χ3n) is 4.17. The monoisotopic (exact) mass is 492 g/mol. The van der Waals surface area contributed by atoms with E-state index in [4.69, 9.17) is 11.6 Å². The Morgan fingerprint density at radius 2 is 1.62 bits per heavy atom. The zero-order valence-electron chi connectivity index (χ0n) is 15.5. The minimum absolute atomic E-state index is 0.0803. The highest BCUT2D eigenvalue weighted by Gasteiger charge is 2.28. The minimum Gasteiger partial charge on any atom is -0.323 e. The Morgan fingerprint density at radius 3 is 2.28 bits per heavy atom. The SMILES string of the molecule is Cc1ccc(S(=O)(=O)N(CC(=O)Nc2ccccc2Br)c2ccccc2Cl)cc1. The molecule has 0 bridgehead atoms. The zero-order chi connectivity index (χ0) is 21.0. The average Bonchev–Trinajstić information content (AvgIpc) is 2.69. The van der Waals surface area contributed by atoms with Crippen molar-refractivity contribution >= 4 is 54.8 Å². The van der Waals surface area contributed by atoms with Gasteiger partial charge in [-0.1, -0.05) is 53.6 Å². The summed E-state index contributed by atoms with van der Waals surface area (Å²) in [5.74, 6) is -0.493. The van der Waals surface area contributed by atoms with Crippen LogP contribution in [0.25, 0.3) is 0 Å². The number of carbonyl (C=O) groups excluding carboxylic acids is 1. The molecule has 3 rings (SSSR count). The summed E-state index contributed by atoms with van der Waals surface area (Å²) < 4.78 is 28.4. The van der Waals surface area contributed by atoms with Gasteiger partial charge >= 0.3 is 0 Å². The van der Waals surface area contributed by atoms with Gasteiger partial charge in [0, 0.05) is 4.47 Å². The van der Waals surface area contributed by atoms with Crippen molar-refractivity contribution < 1.29 is 13.2 Å². The second-order valence-corrected chi connectivity index (χ2v) is 9.43. The Bertz CT molecular complexity index is 1130. The van der Waals surface area contributed by atoms with Gasteiger partial charge in [0.05, 0.1) is 21.3 Å². The number of carbonyl (C=O) groups is 1. The van der Waals surface area contributed by atoms with Gasteiger partial charge in [-0.05, 0) is 59.3 Å². The maximum atomic E-state index is 13.3. The molecular formula is C21H18BrClN2O3S. The molecule has 0 saturated heterocycles. The molecule has 0 unspecified atom stereocenters. The summed E-state index contributed by atoms with van der Waals surface area (Å²) in [5, 5.41) is 2.96. The first-order valence-corrected chi connectivity index (χ1v) is 11.3. The van der Waals surface area contributed by atoms with Gasteiger partial charge in [0.2, 0.25) is 5.91 Å². The number of amides is 1. The number of aryl methyl sites for hydroxylation is 1. The lowest BCUT2D eigenvalue weighted by Gasteiger charge is -2.25. The second kappa shape index (κ2) is 8.98. The van der Waals surface area contributed by atoms with Crippen LogP contribution < -0.4 is 9.62 Å². The summed E-state index contributed by atoms with van der Waals surface area (Å²) in [6, 6.07) is 20.1. The Kier molecular flexibility index (Phi) is 6.62. The van der Waals surface area contributed by atoms with Crippen LogP contribution in [-0.4, -0.2) is 20.9 Å². The number of rotatable bonds is 6. The Hall–Kier alpha value is -2.35. The van der Waals surface area contributed by atoms with Gasteiger partial charge < -0.3 is 5.32 Å². The van der Waals surface area contributed by atoms with Gasteiger partial charge in [-0.15, -0.1) is 0 Å². The summed E-state index contributed by atoms with van der Waals surface area (Å²) in [7, 11) is -4.01. The molecule has 5 nitrogen and oxygen atoms in total. The van der Waals surface area contributed by atoms with E-state index in [9.17, 15) is 13.2 Å². The highest BCUT2D eigenvalue weighted by atomic mass is 79.9. The van der Waals surface area contributed by atoms with Gasteiger partial charge in [-0.2, -0.15) is 0 Å². The molecule has 3 aromatic rings. The van der Waals surface area contributed by atoms with E-state index in [0.29, 0.717) is 10.2 Å². The Labute approximate surface area is 183 Å². The number of halogens is 2. The third-order valence-corrected chi connectivity index (χ3v) is 6.95. The van der Waals surface area contributed by atoms with E-state index in [1.807, 2.05) is 13.0 Å². The van der Waals surface area contributed by atoms with E-state index in [1.165, 1.54) is 12.1 Å². The average molecular weight is 494 g/mol. The summed E-state index contributed by atoms with van der Waals surface area (Å²) in [6.07, 6.45) is 0. The van der Waals surface area contributed by atoms with Gasteiger partial charge in [0.1, 0.15) is 6.54 Å². The van der Waals surface area contributed by atoms with E-state index in [2.05, 4.69) is 21.2 Å². The summed E-state index contributed by atoms with van der Waals surface area (Å²) in [6.45, 7) is 1.44. The molecule has 1 amide bonds. The van der Waals surface area contributed by atoms with Gasteiger partial charge in [0.25, 0.3) is 10.0 Å². The van der Waals surface area contributed by atoms with Gasteiger partial charge in [-0.25, -0.2) is 8.42 Å².